The first-order valence-corrected chi connectivity index (χ1v) is 5.42. The van der Waals surface area contributed by atoms with Gasteiger partial charge in [-0.1, -0.05) is 6.92 Å². The molecule has 15 heavy (non-hydrogen) atoms. The Morgan fingerprint density at radius 1 is 1.33 bits per heavy atom. The summed E-state index contributed by atoms with van der Waals surface area (Å²) in [5.74, 6) is 0.968. The smallest absolute Gasteiger partial charge is 0.0479 e. The molecule has 1 aliphatic rings. The number of benzene rings is 1. The van der Waals surface area contributed by atoms with Gasteiger partial charge >= 0.3 is 0 Å². The number of nitrogens with two attached hydrogens (primary N) is 1. The molecule has 0 amide bonds. The predicted molar refractivity (Wildman–Crippen MR) is 62.8 cm³/mol. The van der Waals surface area contributed by atoms with Crippen LogP contribution in [0.2, 0.25) is 0 Å². The second-order valence-corrected chi connectivity index (χ2v) is 4.42. The molecule has 1 aromatic rings. The lowest BCUT2D eigenvalue weighted by Crippen LogP contribution is -2.20. The SMILES string of the molecule is C[C@@H]1CN(c2ccc(N)cc2)C[C@H]1CO. The van der Waals surface area contributed by atoms with Gasteiger partial charge in [0.15, 0.2) is 0 Å². The maximum atomic E-state index is 9.20. The first kappa shape index (κ1) is 10.3. The van der Waals surface area contributed by atoms with E-state index in [9.17, 15) is 5.11 Å². The average molecular weight is 206 g/mol. The molecule has 3 nitrogen and oxygen atoms in total. The number of hydrogen-bond acceptors (Lipinski definition) is 3. The van der Waals surface area contributed by atoms with Crippen LogP contribution in [-0.2, 0) is 0 Å². The van der Waals surface area contributed by atoms with Gasteiger partial charge < -0.3 is 15.7 Å². The molecule has 2 atom stereocenters. The highest BCUT2D eigenvalue weighted by molar-refractivity contribution is 5.53. The van der Waals surface area contributed by atoms with E-state index in [2.05, 4.69) is 11.8 Å². The summed E-state index contributed by atoms with van der Waals surface area (Å²) in [6.07, 6.45) is 0. The third-order valence-corrected chi connectivity index (χ3v) is 3.26. The fourth-order valence-corrected chi connectivity index (χ4v) is 2.17. The molecule has 3 N–H and O–H groups in total. The molecule has 0 saturated carbocycles. The van der Waals surface area contributed by atoms with Crippen molar-refractivity contribution in [1.29, 1.82) is 0 Å². The summed E-state index contributed by atoms with van der Waals surface area (Å²) in [5.41, 5.74) is 7.64. The highest BCUT2D eigenvalue weighted by Gasteiger charge is 2.28. The summed E-state index contributed by atoms with van der Waals surface area (Å²) in [6, 6.07) is 7.93. The zero-order valence-corrected chi connectivity index (χ0v) is 9.06. The van der Waals surface area contributed by atoms with Gasteiger partial charge in [0.1, 0.15) is 0 Å². The molecule has 1 fully saturated rings. The number of nitrogens with zero attached hydrogens (tertiary/aromatic N) is 1. The molecule has 0 bridgehead atoms. The Balaban J connectivity index is 2.10. The van der Waals surface area contributed by atoms with Crippen molar-refractivity contribution in [1.82, 2.24) is 0 Å². The molecule has 1 saturated heterocycles. The summed E-state index contributed by atoms with van der Waals surface area (Å²) in [5, 5.41) is 9.20. The van der Waals surface area contributed by atoms with Crippen molar-refractivity contribution in [2.75, 3.05) is 30.3 Å². The van der Waals surface area contributed by atoms with Crippen LogP contribution in [0, 0.1) is 11.8 Å². The maximum absolute atomic E-state index is 9.20. The Labute approximate surface area is 90.5 Å². The minimum absolute atomic E-state index is 0.284. The Morgan fingerprint density at radius 3 is 2.53 bits per heavy atom. The number of nitrogen functional groups attached to an aromatic ring is 1. The van der Waals surface area contributed by atoms with Gasteiger partial charge in [-0.05, 0) is 30.2 Å². The van der Waals surface area contributed by atoms with Crippen molar-refractivity contribution < 1.29 is 5.11 Å². The van der Waals surface area contributed by atoms with Crippen LogP contribution in [-0.4, -0.2) is 24.8 Å². The molecule has 2 rings (SSSR count). The third-order valence-electron chi connectivity index (χ3n) is 3.26. The zero-order valence-electron chi connectivity index (χ0n) is 9.06. The molecule has 1 aliphatic heterocycles. The lowest BCUT2D eigenvalue weighted by atomic mass is 10.00. The second kappa shape index (κ2) is 4.11. The van der Waals surface area contributed by atoms with E-state index < -0.39 is 0 Å². The first-order valence-electron chi connectivity index (χ1n) is 5.42. The van der Waals surface area contributed by atoms with Gasteiger partial charge in [0.25, 0.3) is 0 Å². The summed E-state index contributed by atoms with van der Waals surface area (Å²) in [7, 11) is 0. The van der Waals surface area contributed by atoms with Crippen molar-refractivity contribution >= 4 is 11.4 Å². The summed E-state index contributed by atoms with van der Waals surface area (Å²) in [6.45, 7) is 4.45. The van der Waals surface area contributed by atoms with Crippen LogP contribution < -0.4 is 10.6 Å². The quantitative estimate of drug-likeness (QED) is 0.718. The van der Waals surface area contributed by atoms with Crippen LogP contribution in [0.4, 0.5) is 11.4 Å². The highest BCUT2D eigenvalue weighted by atomic mass is 16.3. The van der Waals surface area contributed by atoms with E-state index in [-0.39, 0.29) is 6.61 Å². The fourth-order valence-electron chi connectivity index (χ4n) is 2.17. The predicted octanol–water partition coefficient (Wildman–Crippen LogP) is 1.33. The second-order valence-electron chi connectivity index (χ2n) is 4.42. The molecule has 3 heteroatoms. The van der Waals surface area contributed by atoms with Crippen molar-refractivity contribution in [3.63, 3.8) is 0 Å². The van der Waals surface area contributed by atoms with Gasteiger partial charge in [-0.2, -0.15) is 0 Å². The van der Waals surface area contributed by atoms with E-state index in [1.807, 2.05) is 24.3 Å². The summed E-state index contributed by atoms with van der Waals surface area (Å²) in [4.78, 5) is 2.31. The average Bonchev–Trinajstić information content (AvgIpc) is 2.61. The van der Waals surface area contributed by atoms with Gasteiger partial charge in [0.2, 0.25) is 0 Å². The molecule has 0 unspecified atom stereocenters. The third kappa shape index (κ3) is 2.07. The van der Waals surface area contributed by atoms with Gasteiger partial charge in [-0.15, -0.1) is 0 Å². The van der Waals surface area contributed by atoms with E-state index in [0.29, 0.717) is 11.8 Å². The highest BCUT2D eigenvalue weighted by Crippen LogP contribution is 2.28. The largest absolute Gasteiger partial charge is 0.399 e. The Morgan fingerprint density at radius 2 is 2.00 bits per heavy atom. The van der Waals surface area contributed by atoms with E-state index in [0.717, 1.165) is 18.8 Å². The maximum Gasteiger partial charge on any atom is 0.0479 e. The molecule has 0 spiro atoms. The molecule has 0 radical (unpaired) electrons. The normalized spacial score (nSPS) is 25.9. The molecule has 82 valence electrons. The Hall–Kier alpha value is -1.22. The van der Waals surface area contributed by atoms with Crippen LogP contribution >= 0.6 is 0 Å². The molecular formula is C12H18N2O. The molecular weight excluding hydrogens is 188 g/mol. The topological polar surface area (TPSA) is 49.5 Å². The number of hydrogen-bond donors (Lipinski definition) is 2. The summed E-state index contributed by atoms with van der Waals surface area (Å²) >= 11 is 0. The molecule has 1 aromatic carbocycles. The van der Waals surface area contributed by atoms with Crippen molar-refractivity contribution in [3.8, 4) is 0 Å². The van der Waals surface area contributed by atoms with E-state index in [1.54, 1.807) is 0 Å². The Kier molecular flexibility index (Phi) is 2.82. The van der Waals surface area contributed by atoms with Crippen LogP contribution in [0.5, 0.6) is 0 Å². The van der Waals surface area contributed by atoms with Crippen LogP contribution in [0.15, 0.2) is 24.3 Å². The molecule has 0 aromatic heterocycles. The van der Waals surface area contributed by atoms with Crippen molar-refractivity contribution in [2.45, 2.75) is 6.92 Å². The molecule has 0 aliphatic carbocycles. The van der Waals surface area contributed by atoms with Crippen LogP contribution in [0.1, 0.15) is 6.92 Å². The van der Waals surface area contributed by atoms with Crippen LogP contribution in [0.25, 0.3) is 0 Å². The van der Waals surface area contributed by atoms with E-state index in [1.165, 1.54) is 5.69 Å². The minimum atomic E-state index is 0.284. The lowest BCUT2D eigenvalue weighted by Gasteiger charge is -2.18. The number of aliphatic hydroxyl groups excluding tert-OH is 1. The summed E-state index contributed by atoms with van der Waals surface area (Å²) < 4.78 is 0. The fraction of sp³-hybridized carbons (Fsp3) is 0.500. The van der Waals surface area contributed by atoms with Crippen molar-refractivity contribution in [2.24, 2.45) is 11.8 Å². The van der Waals surface area contributed by atoms with Gasteiger partial charge in [0.05, 0.1) is 0 Å². The number of rotatable bonds is 2. The Bertz CT molecular complexity index is 323. The van der Waals surface area contributed by atoms with E-state index in [4.69, 9.17) is 5.73 Å². The van der Waals surface area contributed by atoms with E-state index >= 15 is 0 Å². The van der Waals surface area contributed by atoms with Gasteiger partial charge in [-0.25, -0.2) is 0 Å². The number of aliphatic hydroxyl groups is 1. The molecule has 1 heterocycles. The minimum Gasteiger partial charge on any atom is -0.399 e. The number of anilines is 2. The monoisotopic (exact) mass is 206 g/mol. The van der Waals surface area contributed by atoms with Gasteiger partial charge in [-0.3, -0.25) is 0 Å². The first-order chi connectivity index (χ1) is 7.20. The zero-order chi connectivity index (χ0) is 10.8. The van der Waals surface area contributed by atoms with Crippen LogP contribution in [0.3, 0.4) is 0 Å². The lowest BCUT2D eigenvalue weighted by molar-refractivity contribution is 0.212. The van der Waals surface area contributed by atoms with Gasteiger partial charge in [0, 0.05) is 37.0 Å². The standard InChI is InChI=1S/C12H18N2O/c1-9-6-14(7-10(9)8-15)12-4-2-11(13)3-5-12/h2-5,9-10,15H,6-8,13H2,1H3/t9-,10+/m1/s1. The van der Waals surface area contributed by atoms with Crippen molar-refractivity contribution in [3.05, 3.63) is 24.3 Å².